The lowest BCUT2D eigenvalue weighted by atomic mass is 10.2. The first-order chi connectivity index (χ1) is 8.38. The van der Waals surface area contributed by atoms with Crippen molar-refractivity contribution < 1.29 is 4.42 Å². The highest BCUT2D eigenvalue weighted by Gasteiger charge is 2.11. The lowest BCUT2D eigenvalue weighted by Crippen LogP contribution is -2.02. The van der Waals surface area contributed by atoms with Gasteiger partial charge in [-0.2, -0.15) is 5.10 Å². The number of nitrogens with two attached hydrogens (primary N) is 1. The van der Waals surface area contributed by atoms with Crippen LogP contribution in [0.1, 0.15) is 5.89 Å². The van der Waals surface area contributed by atoms with Crippen LogP contribution >= 0.6 is 0 Å². The molecule has 3 aromatic heterocycles. The van der Waals surface area contributed by atoms with Crippen LogP contribution in [0.4, 0.5) is 0 Å². The van der Waals surface area contributed by atoms with Crippen molar-refractivity contribution in [2.75, 3.05) is 6.54 Å². The molecule has 0 fully saturated rings. The Morgan fingerprint density at radius 3 is 3.12 bits per heavy atom. The molecule has 6 nitrogen and oxygen atoms in total. The monoisotopic (exact) mass is 229 g/mol. The fraction of sp³-hybridized carbons (Fsp3) is 0.182. The summed E-state index contributed by atoms with van der Waals surface area (Å²) in [6.45, 7) is 0.524. The van der Waals surface area contributed by atoms with E-state index >= 15 is 0 Å². The van der Waals surface area contributed by atoms with Crippen molar-refractivity contribution in [2.24, 2.45) is 5.73 Å². The Hall–Kier alpha value is -2.21. The van der Waals surface area contributed by atoms with Crippen molar-refractivity contribution in [3.05, 3.63) is 36.9 Å². The molecule has 0 atom stereocenters. The summed E-state index contributed by atoms with van der Waals surface area (Å²) in [5.74, 6) is 1.34. The molecule has 17 heavy (non-hydrogen) atoms. The van der Waals surface area contributed by atoms with Crippen molar-refractivity contribution in [3.63, 3.8) is 0 Å². The number of hydrogen-bond acceptors (Lipinski definition) is 5. The summed E-state index contributed by atoms with van der Waals surface area (Å²) in [5.41, 5.74) is 7.23. The van der Waals surface area contributed by atoms with Crippen molar-refractivity contribution in [3.8, 4) is 11.3 Å². The molecule has 0 aliphatic carbocycles. The topological polar surface area (TPSA) is 82.2 Å². The van der Waals surface area contributed by atoms with Crippen LogP contribution in [0.5, 0.6) is 0 Å². The van der Waals surface area contributed by atoms with Crippen LogP contribution in [0.3, 0.4) is 0 Å². The zero-order valence-electron chi connectivity index (χ0n) is 9.08. The smallest absolute Gasteiger partial charge is 0.196 e. The third-order valence-corrected chi connectivity index (χ3v) is 2.50. The van der Waals surface area contributed by atoms with E-state index in [4.69, 9.17) is 10.2 Å². The molecule has 3 heterocycles. The number of hydrogen-bond donors (Lipinski definition) is 1. The molecule has 6 heteroatoms. The second kappa shape index (κ2) is 3.99. The van der Waals surface area contributed by atoms with Crippen LogP contribution in [0.25, 0.3) is 16.8 Å². The van der Waals surface area contributed by atoms with E-state index in [0.717, 1.165) is 11.1 Å². The van der Waals surface area contributed by atoms with E-state index in [1.807, 2.05) is 0 Å². The minimum Gasteiger partial charge on any atom is -0.441 e. The zero-order chi connectivity index (χ0) is 11.7. The Bertz CT molecular complexity index is 642. The van der Waals surface area contributed by atoms with E-state index in [-0.39, 0.29) is 0 Å². The van der Waals surface area contributed by atoms with Crippen molar-refractivity contribution >= 4 is 5.52 Å². The first-order valence-electron chi connectivity index (χ1n) is 5.31. The van der Waals surface area contributed by atoms with Crippen molar-refractivity contribution in [1.29, 1.82) is 0 Å². The van der Waals surface area contributed by atoms with Crippen molar-refractivity contribution in [2.45, 2.75) is 6.42 Å². The molecular weight excluding hydrogens is 218 g/mol. The lowest BCUT2D eigenvalue weighted by Gasteiger charge is -1.93. The number of nitrogens with zero attached hydrogens (tertiary/aromatic N) is 4. The maximum absolute atomic E-state index is 5.60. The number of oxazole rings is 1. The van der Waals surface area contributed by atoms with Crippen LogP contribution in [-0.2, 0) is 6.42 Å². The molecule has 0 radical (unpaired) electrons. The maximum Gasteiger partial charge on any atom is 0.196 e. The van der Waals surface area contributed by atoms with Gasteiger partial charge in [-0.1, -0.05) is 0 Å². The third-order valence-electron chi connectivity index (χ3n) is 2.50. The van der Waals surface area contributed by atoms with E-state index < -0.39 is 0 Å². The Balaban J connectivity index is 2.07. The summed E-state index contributed by atoms with van der Waals surface area (Å²) in [4.78, 5) is 8.24. The van der Waals surface area contributed by atoms with Crippen molar-refractivity contribution in [1.82, 2.24) is 19.6 Å². The summed E-state index contributed by atoms with van der Waals surface area (Å²) in [5, 5.41) is 4.21. The van der Waals surface area contributed by atoms with E-state index in [1.54, 1.807) is 35.5 Å². The number of aromatic nitrogens is 4. The molecule has 0 aliphatic rings. The summed E-state index contributed by atoms with van der Waals surface area (Å²) in [6.07, 6.45) is 9.28. The number of rotatable bonds is 3. The molecule has 0 aromatic carbocycles. The van der Waals surface area contributed by atoms with Gasteiger partial charge in [0, 0.05) is 25.4 Å². The second-order valence-electron chi connectivity index (χ2n) is 3.62. The first kappa shape index (κ1) is 9.98. The fourth-order valence-electron chi connectivity index (χ4n) is 1.70. The van der Waals surface area contributed by atoms with E-state index in [0.29, 0.717) is 24.6 Å². The van der Waals surface area contributed by atoms with Gasteiger partial charge in [-0.25, -0.2) is 9.50 Å². The zero-order valence-corrected chi connectivity index (χ0v) is 9.08. The van der Waals surface area contributed by atoms with Gasteiger partial charge in [0.05, 0.1) is 29.7 Å². The van der Waals surface area contributed by atoms with Gasteiger partial charge in [0.15, 0.2) is 11.7 Å². The molecule has 0 amide bonds. The molecule has 0 spiro atoms. The predicted molar refractivity (Wildman–Crippen MR) is 61.2 cm³/mol. The highest BCUT2D eigenvalue weighted by Crippen LogP contribution is 2.24. The normalized spacial score (nSPS) is 11.1. The largest absolute Gasteiger partial charge is 0.441 e. The summed E-state index contributed by atoms with van der Waals surface area (Å²) >= 11 is 0. The molecule has 3 rings (SSSR count). The van der Waals surface area contributed by atoms with Gasteiger partial charge >= 0.3 is 0 Å². The SMILES string of the molecule is NCCc1ncc(-c2cnn3ccncc23)o1. The lowest BCUT2D eigenvalue weighted by molar-refractivity contribution is 0.508. The van der Waals surface area contributed by atoms with Gasteiger partial charge in [0.25, 0.3) is 0 Å². The van der Waals surface area contributed by atoms with Gasteiger partial charge in [-0.15, -0.1) is 0 Å². The highest BCUT2D eigenvalue weighted by molar-refractivity contribution is 5.75. The van der Waals surface area contributed by atoms with Crippen LogP contribution in [0.15, 0.2) is 35.4 Å². The quantitative estimate of drug-likeness (QED) is 0.721. The standard InChI is InChI=1S/C11H11N5O/c12-2-1-11-14-7-10(17-11)8-5-15-16-4-3-13-6-9(8)16/h3-7H,1-2,12H2. The molecule has 0 aliphatic heterocycles. The number of fused-ring (bicyclic) bond motifs is 1. The summed E-state index contributed by atoms with van der Waals surface area (Å²) < 4.78 is 7.35. The Morgan fingerprint density at radius 2 is 2.24 bits per heavy atom. The molecule has 0 saturated heterocycles. The minimum absolute atomic E-state index is 0.524. The van der Waals surface area contributed by atoms with Crippen LogP contribution < -0.4 is 5.73 Å². The van der Waals surface area contributed by atoms with E-state index in [9.17, 15) is 0 Å². The Morgan fingerprint density at radius 1 is 1.29 bits per heavy atom. The van der Waals surface area contributed by atoms with E-state index in [1.165, 1.54) is 0 Å². The maximum atomic E-state index is 5.60. The van der Waals surface area contributed by atoms with Crippen LogP contribution in [0, 0.1) is 0 Å². The third kappa shape index (κ3) is 1.68. The Labute approximate surface area is 97.1 Å². The molecule has 0 saturated carbocycles. The van der Waals surface area contributed by atoms with Crippen LogP contribution in [0.2, 0.25) is 0 Å². The molecule has 0 bridgehead atoms. The molecule has 3 aromatic rings. The van der Waals surface area contributed by atoms with Gasteiger partial charge in [-0.05, 0) is 0 Å². The fourth-order valence-corrected chi connectivity index (χ4v) is 1.70. The molecular formula is C11H11N5O. The van der Waals surface area contributed by atoms with E-state index in [2.05, 4.69) is 15.1 Å². The highest BCUT2D eigenvalue weighted by atomic mass is 16.4. The predicted octanol–water partition coefficient (Wildman–Crippen LogP) is 0.885. The van der Waals surface area contributed by atoms with Crippen LogP contribution in [-0.4, -0.2) is 26.1 Å². The minimum atomic E-state index is 0.524. The molecule has 0 unspecified atom stereocenters. The summed E-state index contributed by atoms with van der Waals surface area (Å²) in [7, 11) is 0. The average Bonchev–Trinajstić information content (AvgIpc) is 2.95. The van der Waals surface area contributed by atoms with Gasteiger partial charge in [0.1, 0.15) is 0 Å². The summed E-state index contributed by atoms with van der Waals surface area (Å²) in [6, 6.07) is 0. The second-order valence-corrected chi connectivity index (χ2v) is 3.62. The van der Waals surface area contributed by atoms with Gasteiger partial charge in [-0.3, -0.25) is 4.98 Å². The van der Waals surface area contributed by atoms with Gasteiger partial charge in [0.2, 0.25) is 0 Å². The Kier molecular flexibility index (Phi) is 2.34. The average molecular weight is 229 g/mol. The van der Waals surface area contributed by atoms with Gasteiger partial charge < -0.3 is 10.2 Å². The molecule has 2 N–H and O–H groups in total. The molecule has 86 valence electrons. The first-order valence-corrected chi connectivity index (χ1v) is 5.31.